The van der Waals surface area contributed by atoms with Crippen LogP contribution in [0.3, 0.4) is 0 Å². The number of carbonyl (C=O) groups excluding carboxylic acids is 2. The van der Waals surface area contributed by atoms with Gasteiger partial charge in [0.2, 0.25) is 5.91 Å². The Morgan fingerprint density at radius 3 is 2.46 bits per heavy atom. The number of anilines is 2. The number of aryl methyl sites for hydroxylation is 3. The van der Waals surface area contributed by atoms with Crippen LogP contribution < -0.4 is 16.0 Å². The van der Waals surface area contributed by atoms with Gasteiger partial charge in [0.25, 0.3) is 5.91 Å². The Morgan fingerprint density at radius 2 is 1.78 bits per heavy atom. The summed E-state index contributed by atoms with van der Waals surface area (Å²) in [5.74, 6) is -0.673. The van der Waals surface area contributed by atoms with Crippen molar-refractivity contribution in [2.75, 3.05) is 16.4 Å². The van der Waals surface area contributed by atoms with Gasteiger partial charge in [-0.05, 0) is 74.7 Å². The van der Waals surface area contributed by atoms with Gasteiger partial charge < -0.3 is 20.4 Å². The van der Waals surface area contributed by atoms with Gasteiger partial charge in [-0.1, -0.05) is 36.0 Å². The maximum Gasteiger partial charge on any atom is 0.254 e. The summed E-state index contributed by atoms with van der Waals surface area (Å²) in [6.07, 6.45) is 1.52. The fourth-order valence-corrected chi connectivity index (χ4v) is 5.02. The summed E-state index contributed by atoms with van der Waals surface area (Å²) in [7, 11) is 0. The summed E-state index contributed by atoms with van der Waals surface area (Å²) < 4.78 is 5.67. The molecule has 3 aromatic rings. The van der Waals surface area contributed by atoms with E-state index in [-0.39, 0.29) is 17.6 Å². The number of dihydropyridines is 1. The van der Waals surface area contributed by atoms with Crippen LogP contribution in [0, 0.1) is 32.1 Å². The molecule has 2 heterocycles. The second-order valence-electron chi connectivity index (χ2n) is 8.87. The van der Waals surface area contributed by atoms with E-state index in [0.29, 0.717) is 33.3 Å². The fourth-order valence-electron chi connectivity index (χ4n) is 4.12. The molecule has 0 bridgehead atoms. The topological polar surface area (TPSA) is 107 Å². The van der Waals surface area contributed by atoms with Crippen molar-refractivity contribution in [3.63, 3.8) is 0 Å². The number of nitriles is 1. The molecule has 1 atom stereocenters. The highest BCUT2D eigenvalue weighted by atomic mass is 32.2. The molecule has 1 aliphatic heterocycles. The van der Waals surface area contributed by atoms with Crippen molar-refractivity contribution in [1.82, 2.24) is 5.32 Å². The van der Waals surface area contributed by atoms with Gasteiger partial charge in [0, 0.05) is 17.1 Å². The zero-order chi connectivity index (χ0) is 26.5. The van der Waals surface area contributed by atoms with Crippen LogP contribution in [-0.4, -0.2) is 17.6 Å². The van der Waals surface area contributed by atoms with Gasteiger partial charge in [-0.25, -0.2) is 0 Å². The molecule has 8 heteroatoms. The Morgan fingerprint density at radius 1 is 1.00 bits per heavy atom. The number of carbonyl (C=O) groups is 2. The first kappa shape index (κ1) is 25.9. The average molecular weight is 513 g/mol. The molecule has 0 spiro atoms. The third-order valence-corrected chi connectivity index (χ3v) is 7.27. The lowest BCUT2D eigenvalue weighted by Crippen LogP contribution is -2.31. The lowest BCUT2D eigenvalue weighted by molar-refractivity contribution is -0.114. The first-order valence-corrected chi connectivity index (χ1v) is 12.8. The lowest BCUT2D eigenvalue weighted by atomic mass is 9.85. The minimum atomic E-state index is -0.712. The molecule has 0 saturated carbocycles. The highest BCUT2D eigenvalue weighted by Crippen LogP contribution is 2.41. The molecule has 0 fully saturated rings. The third-order valence-electron chi connectivity index (χ3n) is 6.25. The molecule has 0 aliphatic carbocycles. The maximum atomic E-state index is 13.5. The van der Waals surface area contributed by atoms with E-state index in [9.17, 15) is 14.9 Å². The Balaban J connectivity index is 1.58. The molecule has 2 amide bonds. The Kier molecular flexibility index (Phi) is 7.85. The second-order valence-corrected chi connectivity index (χ2v) is 9.86. The van der Waals surface area contributed by atoms with Crippen molar-refractivity contribution in [2.24, 2.45) is 0 Å². The number of amides is 2. The van der Waals surface area contributed by atoms with Crippen molar-refractivity contribution in [2.45, 2.75) is 33.6 Å². The number of thioether (sulfide) groups is 1. The lowest BCUT2D eigenvalue weighted by Gasteiger charge is -2.28. The van der Waals surface area contributed by atoms with Crippen molar-refractivity contribution >= 4 is 35.0 Å². The highest BCUT2D eigenvalue weighted by Gasteiger charge is 2.36. The van der Waals surface area contributed by atoms with E-state index in [4.69, 9.17) is 4.42 Å². The van der Waals surface area contributed by atoms with E-state index < -0.39 is 5.92 Å². The van der Waals surface area contributed by atoms with Crippen molar-refractivity contribution in [3.05, 3.63) is 105 Å². The first-order valence-electron chi connectivity index (χ1n) is 11.8. The van der Waals surface area contributed by atoms with E-state index in [1.54, 1.807) is 19.1 Å². The molecular formula is C29H28N4O3S. The summed E-state index contributed by atoms with van der Waals surface area (Å²) >= 11 is 1.22. The van der Waals surface area contributed by atoms with E-state index in [1.807, 2.05) is 63.2 Å². The monoisotopic (exact) mass is 512 g/mol. The Bertz CT molecular complexity index is 1450. The van der Waals surface area contributed by atoms with Crippen LogP contribution in [0.15, 0.2) is 87.1 Å². The molecule has 7 nitrogen and oxygen atoms in total. The number of rotatable bonds is 7. The molecule has 1 aliphatic rings. The van der Waals surface area contributed by atoms with Crippen LogP contribution in [0.2, 0.25) is 0 Å². The molecule has 1 aromatic heterocycles. The summed E-state index contributed by atoms with van der Waals surface area (Å²) in [4.78, 5) is 26.2. The van der Waals surface area contributed by atoms with Gasteiger partial charge in [0.05, 0.1) is 40.2 Å². The van der Waals surface area contributed by atoms with Gasteiger partial charge in [0.15, 0.2) is 0 Å². The summed E-state index contributed by atoms with van der Waals surface area (Å²) in [6, 6.07) is 19.0. The molecule has 3 N–H and O–H groups in total. The molecular weight excluding hydrogens is 484 g/mol. The van der Waals surface area contributed by atoms with Gasteiger partial charge in [-0.15, -0.1) is 0 Å². The quantitative estimate of drug-likeness (QED) is 0.363. The molecule has 0 unspecified atom stereocenters. The standard InChI is InChI=1S/C29H28N4O3S/c1-17-11-12-21(14-19(17)3)32-25(34)16-37-29-22(15-30)27(24-10-7-13-36-24)26(20(4)31-29)28(35)33-23-9-6-5-8-18(23)2/h5-14,27,31H,16H2,1-4H3,(H,32,34)(H,33,35)/t27-/m1/s1. The molecule has 2 aromatic carbocycles. The molecule has 0 radical (unpaired) electrons. The summed E-state index contributed by atoms with van der Waals surface area (Å²) in [6.45, 7) is 7.71. The third kappa shape index (κ3) is 5.79. The van der Waals surface area contributed by atoms with E-state index in [1.165, 1.54) is 18.0 Å². The number of benzene rings is 2. The zero-order valence-corrected chi connectivity index (χ0v) is 22.0. The smallest absolute Gasteiger partial charge is 0.254 e. The van der Waals surface area contributed by atoms with E-state index >= 15 is 0 Å². The SMILES string of the molecule is CC1=C(C(=O)Nc2ccccc2C)[C@@H](c2ccco2)C(C#N)=C(SCC(=O)Nc2ccc(C)c(C)c2)N1. The number of allylic oxidation sites excluding steroid dienone is 2. The first-order chi connectivity index (χ1) is 17.8. The van der Waals surface area contributed by atoms with Crippen LogP contribution >= 0.6 is 11.8 Å². The van der Waals surface area contributed by atoms with Crippen LogP contribution in [0.1, 0.15) is 35.3 Å². The second kappa shape index (κ2) is 11.2. The van der Waals surface area contributed by atoms with Crippen LogP contribution in [-0.2, 0) is 9.59 Å². The van der Waals surface area contributed by atoms with E-state index in [2.05, 4.69) is 22.0 Å². The van der Waals surface area contributed by atoms with Crippen LogP contribution in [0.5, 0.6) is 0 Å². The Hall–Kier alpha value is -4.22. The van der Waals surface area contributed by atoms with Crippen LogP contribution in [0.4, 0.5) is 11.4 Å². The van der Waals surface area contributed by atoms with Crippen LogP contribution in [0.25, 0.3) is 0 Å². The minimum Gasteiger partial charge on any atom is -0.468 e. The maximum absolute atomic E-state index is 13.5. The molecule has 188 valence electrons. The van der Waals surface area contributed by atoms with Gasteiger partial charge in [0.1, 0.15) is 5.76 Å². The van der Waals surface area contributed by atoms with Crippen molar-refractivity contribution in [3.8, 4) is 6.07 Å². The summed E-state index contributed by atoms with van der Waals surface area (Å²) in [5.41, 5.74) is 5.87. The molecule has 4 rings (SSSR count). The fraction of sp³-hybridized carbons (Fsp3) is 0.207. The van der Waals surface area contributed by atoms with Gasteiger partial charge in [-0.2, -0.15) is 5.26 Å². The number of hydrogen-bond donors (Lipinski definition) is 3. The average Bonchev–Trinajstić information content (AvgIpc) is 3.40. The number of para-hydroxylation sites is 1. The van der Waals surface area contributed by atoms with Gasteiger partial charge >= 0.3 is 0 Å². The number of nitrogens with zero attached hydrogens (tertiary/aromatic N) is 1. The predicted molar refractivity (Wildman–Crippen MR) is 147 cm³/mol. The minimum absolute atomic E-state index is 0.0866. The Labute approximate surface area is 220 Å². The molecule has 0 saturated heterocycles. The molecule has 37 heavy (non-hydrogen) atoms. The van der Waals surface area contributed by atoms with Crippen molar-refractivity contribution in [1.29, 1.82) is 5.26 Å². The summed E-state index contributed by atoms with van der Waals surface area (Å²) in [5, 5.41) is 19.7. The predicted octanol–water partition coefficient (Wildman–Crippen LogP) is 5.91. The van der Waals surface area contributed by atoms with E-state index in [0.717, 1.165) is 22.4 Å². The number of hydrogen-bond acceptors (Lipinski definition) is 6. The normalized spacial score (nSPS) is 15.2. The zero-order valence-electron chi connectivity index (χ0n) is 21.1. The number of furan rings is 1. The van der Waals surface area contributed by atoms with Gasteiger partial charge in [-0.3, -0.25) is 9.59 Å². The number of nitrogens with one attached hydrogen (secondary N) is 3. The highest BCUT2D eigenvalue weighted by molar-refractivity contribution is 8.03. The largest absolute Gasteiger partial charge is 0.468 e. The van der Waals surface area contributed by atoms with Crippen molar-refractivity contribution < 1.29 is 14.0 Å².